The molecule has 3 rings (SSSR count). The normalized spacial score (nSPS) is 18.8. The van der Waals surface area contributed by atoms with Crippen LogP contribution < -0.4 is 5.32 Å². The van der Waals surface area contributed by atoms with E-state index in [1.807, 2.05) is 18.2 Å². The van der Waals surface area contributed by atoms with Crippen LogP contribution in [-0.4, -0.2) is 11.7 Å². The SMILES string of the molecule is Cc1cc(C)c2c(c1)C(NC(CO)c1ccccc1)CCC2. The van der Waals surface area contributed by atoms with Gasteiger partial charge in [0.05, 0.1) is 12.6 Å². The summed E-state index contributed by atoms with van der Waals surface area (Å²) in [6.07, 6.45) is 3.52. The number of aliphatic hydroxyl groups excluding tert-OH is 1. The van der Waals surface area contributed by atoms with Gasteiger partial charge in [0.15, 0.2) is 0 Å². The van der Waals surface area contributed by atoms with Crippen LogP contribution in [0.5, 0.6) is 0 Å². The largest absolute Gasteiger partial charge is 0.394 e. The Morgan fingerprint density at radius 2 is 1.95 bits per heavy atom. The second kappa shape index (κ2) is 6.64. The van der Waals surface area contributed by atoms with Gasteiger partial charge in [0.1, 0.15) is 0 Å². The van der Waals surface area contributed by atoms with Gasteiger partial charge in [0.25, 0.3) is 0 Å². The average Bonchev–Trinajstić information content (AvgIpc) is 2.53. The van der Waals surface area contributed by atoms with E-state index in [0.717, 1.165) is 12.0 Å². The maximum absolute atomic E-state index is 9.80. The third-order valence-electron chi connectivity index (χ3n) is 4.73. The molecule has 1 aliphatic rings. The lowest BCUT2D eigenvalue weighted by Gasteiger charge is -2.31. The van der Waals surface area contributed by atoms with Crippen molar-refractivity contribution in [2.24, 2.45) is 0 Å². The van der Waals surface area contributed by atoms with Gasteiger partial charge in [0, 0.05) is 6.04 Å². The molecule has 0 saturated heterocycles. The first-order valence-electron chi connectivity index (χ1n) is 8.21. The van der Waals surface area contributed by atoms with Crippen LogP contribution in [0.2, 0.25) is 0 Å². The van der Waals surface area contributed by atoms with E-state index in [-0.39, 0.29) is 12.6 Å². The highest BCUT2D eigenvalue weighted by molar-refractivity contribution is 5.41. The Bertz CT molecular complexity index is 636. The zero-order valence-corrected chi connectivity index (χ0v) is 13.5. The summed E-state index contributed by atoms with van der Waals surface area (Å²) in [5.41, 5.74) is 6.81. The number of nitrogens with one attached hydrogen (secondary N) is 1. The molecule has 2 nitrogen and oxygen atoms in total. The Morgan fingerprint density at radius 3 is 2.68 bits per heavy atom. The highest BCUT2D eigenvalue weighted by Crippen LogP contribution is 2.34. The summed E-state index contributed by atoms with van der Waals surface area (Å²) in [5, 5.41) is 13.5. The number of aliphatic hydroxyl groups is 1. The second-order valence-corrected chi connectivity index (χ2v) is 6.41. The second-order valence-electron chi connectivity index (χ2n) is 6.41. The van der Waals surface area contributed by atoms with Gasteiger partial charge in [0.2, 0.25) is 0 Å². The first-order valence-corrected chi connectivity index (χ1v) is 8.21. The highest BCUT2D eigenvalue weighted by atomic mass is 16.3. The third kappa shape index (κ3) is 3.08. The Morgan fingerprint density at radius 1 is 1.18 bits per heavy atom. The predicted molar refractivity (Wildman–Crippen MR) is 91.0 cm³/mol. The fraction of sp³-hybridized carbons (Fsp3) is 0.400. The molecule has 2 aromatic carbocycles. The molecule has 2 unspecified atom stereocenters. The van der Waals surface area contributed by atoms with Crippen molar-refractivity contribution in [2.45, 2.75) is 45.2 Å². The molecule has 1 aliphatic carbocycles. The lowest BCUT2D eigenvalue weighted by molar-refractivity contribution is 0.228. The topological polar surface area (TPSA) is 32.3 Å². The molecular weight excluding hydrogens is 270 g/mol. The van der Waals surface area contributed by atoms with E-state index in [0.29, 0.717) is 6.04 Å². The maximum Gasteiger partial charge on any atom is 0.0626 e. The minimum Gasteiger partial charge on any atom is -0.394 e. The first-order chi connectivity index (χ1) is 10.7. The van der Waals surface area contributed by atoms with Crippen molar-refractivity contribution in [3.63, 3.8) is 0 Å². The highest BCUT2D eigenvalue weighted by Gasteiger charge is 2.24. The summed E-state index contributed by atoms with van der Waals surface area (Å²) in [6, 6.07) is 15.2. The fourth-order valence-electron chi connectivity index (χ4n) is 3.68. The molecule has 0 heterocycles. The van der Waals surface area contributed by atoms with Crippen LogP contribution in [0.3, 0.4) is 0 Å². The van der Waals surface area contributed by atoms with Gasteiger partial charge in [-0.15, -0.1) is 0 Å². The zero-order valence-electron chi connectivity index (χ0n) is 13.5. The molecule has 22 heavy (non-hydrogen) atoms. The van der Waals surface area contributed by atoms with E-state index in [1.54, 1.807) is 0 Å². The van der Waals surface area contributed by atoms with Crippen molar-refractivity contribution in [3.8, 4) is 0 Å². The quantitative estimate of drug-likeness (QED) is 0.893. The molecule has 2 atom stereocenters. The Hall–Kier alpha value is -1.64. The summed E-state index contributed by atoms with van der Waals surface area (Å²) in [7, 11) is 0. The lowest BCUT2D eigenvalue weighted by atomic mass is 9.83. The number of fused-ring (bicyclic) bond motifs is 1. The molecule has 0 aromatic heterocycles. The van der Waals surface area contributed by atoms with E-state index in [9.17, 15) is 5.11 Å². The van der Waals surface area contributed by atoms with E-state index >= 15 is 0 Å². The third-order valence-corrected chi connectivity index (χ3v) is 4.73. The van der Waals surface area contributed by atoms with Crippen molar-refractivity contribution in [1.82, 2.24) is 5.32 Å². The maximum atomic E-state index is 9.80. The lowest BCUT2D eigenvalue weighted by Crippen LogP contribution is -2.31. The number of aryl methyl sites for hydroxylation is 2. The van der Waals surface area contributed by atoms with Crippen LogP contribution in [0, 0.1) is 13.8 Å². The van der Waals surface area contributed by atoms with Crippen LogP contribution >= 0.6 is 0 Å². The standard InChI is InChI=1S/C20H25NO/c1-14-11-15(2)17-9-6-10-19(18(17)12-14)21-20(13-22)16-7-4-3-5-8-16/h3-5,7-8,11-12,19-22H,6,9-10,13H2,1-2H3. The molecule has 0 amide bonds. The van der Waals surface area contributed by atoms with Crippen LogP contribution in [0.1, 0.15) is 52.7 Å². The van der Waals surface area contributed by atoms with Gasteiger partial charge >= 0.3 is 0 Å². The Kier molecular flexibility index (Phi) is 4.60. The van der Waals surface area contributed by atoms with Crippen molar-refractivity contribution in [3.05, 3.63) is 70.3 Å². The molecule has 0 bridgehead atoms. The van der Waals surface area contributed by atoms with Gasteiger partial charge in [-0.25, -0.2) is 0 Å². The van der Waals surface area contributed by atoms with E-state index in [1.165, 1.54) is 35.1 Å². The predicted octanol–water partition coefficient (Wildman–Crippen LogP) is 4.00. The molecular formula is C20H25NO. The van der Waals surface area contributed by atoms with E-state index in [2.05, 4.69) is 43.4 Å². The fourth-order valence-corrected chi connectivity index (χ4v) is 3.68. The molecule has 0 aliphatic heterocycles. The minimum absolute atomic E-state index is 0.00188. The smallest absolute Gasteiger partial charge is 0.0626 e. The first kappa shape index (κ1) is 15.3. The van der Waals surface area contributed by atoms with Gasteiger partial charge in [-0.05, 0) is 55.4 Å². The summed E-state index contributed by atoms with van der Waals surface area (Å²) in [6.45, 7) is 4.51. The van der Waals surface area contributed by atoms with Crippen LogP contribution in [0.15, 0.2) is 42.5 Å². The van der Waals surface area contributed by atoms with Gasteiger partial charge in [-0.1, -0.05) is 48.0 Å². The van der Waals surface area contributed by atoms with E-state index < -0.39 is 0 Å². The summed E-state index contributed by atoms with van der Waals surface area (Å²) in [5.74, 6) is 0. The molecule has 2 N–H and O–H groups in total. The average molecular weight is 295 g/mol. The Balaban J connectivity index is 1.88. The van der Waals surface area contributed by atoms with Crippen LogP contribution in [0.25, 0.3) is 0 Å². The van der Waals surface area contributed by atoms with Crippen LogP contribution in [0.4, 0.5) is 0 Å². The molecule has 0 spiro atoms. The number of benzene rings is 2. The number of hydrogen-bond donors (Lipinski definition) is 2. The molecule has 116 valence electrons. The molecule has 0 fully saturated rings. The minimum atomic E-state index is -0.00188. The summed E-state index contributed by atoms with van der Waals surface area (Å²) < 4.78 is 0. The zero-order chi connectivity index (χ0) is 15.5. The van der Waals surface area contributed by atoms with Gasteiger partial charge < -0.3 is 10.4 Å². The summed E-state index contributed by atoms with van der Waals surface area (Å²) in [4.78, 5) is 0. The monoisotopic (exact) mass is 295 g/mol. The molecule has 2 heteroatoms. The molecule has 0 radical (unpaired) electrons. The number of rotatable bonds is 4. The van der Waals surface area contributed by atoms with Gasteiger partial charge in [-0.2, -0.15) is 0 Å². The number of hydrogen-bond acceptors (Lipinski definition) is 2. The molecule has 2 aromatic rings. The van der Waals surface area contributed by atoms with Crippen molar-refractivity contribution < 1.29 is 5.11 Å². The van der Waals surface area contributed by atoms with Crippen molar-refractivity contribution in [2.75, 3.05) is 6.61 Å². The van der Waals surface area contributed by atoms with Gasteiger partial charge in [-0.3, -0.25) is 0 Å². The summed E-state index contributed by atoms with van der Waals surface area (Å²) >= 11 is 0. The van der Waals surface area contributed by atoms with E-state index in [4.69, 9.17) is 0 Å². The van der Waals surface area contributed by atoms with Crippen molar-refractivity contribution >= 4 is 0 Å². The van der Waals surface area contributed by atoms with Crippen LogP contribution in [-0.2, 0) is 6.42 Å². The van der Waals surface area contributed by atoms with Crippen molar-refractivity contribution in [1.29, 1.82) is 0 Å². The molecule has 0 saturated carbocycles. The Labute approximate surface area is 133 Å².